The van der Waals surface area contributed by atoms with Gasteiger partial charge in [-0.25, -0.2) is 0 Å². The Labute approximate surface area is 136 Å². The summed E-state index contributed by atoms with van der Waals surface area (Å²) in [6.45, 7) is 7.43. The second-order valence-electron chi connectivity index (χ2n) is 6.03. The van der Waals surface area contributed by atoms with Crippen molar-refractivity contribution in [2.45, 2.75) is 19.8 Å². The second-order valence-corrected chi connectivity index (χ2v) is 6.03. The first-order valence-corrected chi connectivity index (χ1v) is 8.15. The Kier molecular flexibility index (Phi) is 5.99. The first-order valence-electron chi connectivity index (χ1n) is 8.15. The van der Waals surface area contributed by atoms with Gasteiger partial charge in [0.05, 0.1) is 5.92 Å². The molecule has 0 aromatic carbocycles. The van der Waals surface area contributed by atoms with Gasteiger partial charge >= 0.3 is 5.97 Å². The lowest BCUT2D eigenvalue weighted by atomic mass is 9.97. The van der Waals surface area contributed by atoms with Crippen LogP contribution in [0.2, 0.25) is 0 Å². The molecule has 0 spiro atoms. The zero-order chi connectivity index (χ0) is 16.8. The van der Waals surface area contributed by atoms with Crippen LogP contribution in [0.1, 0.15) is 19.8 Å². The van der Waals surface area contributed by atoms with Crippen molar-refractivity contribution in [1.82, 2.24) is 14.7 Å². The smallest absolute Gasteiger partial charge is 0.306 e. The molecule has 0 aliphatic carbocycles. The molecule has 2 saturated heterocycles. The van der Waals surface area contributed by atoms with Gasteiger partial charge in [-0.15, -0.1) is 0 Å². The third kappa shape index (κ3) is 4.45. The van der Waals surface area contributed by atoms with E-state index in [0.717, 1.165) is 32.7 Å². The van der Waals surface area contributed by atoms with Crippen LogP contribution < -0.4 is 0 Å². The summed E-state index contributed by atoms with van der Waals surface area (Å²) in [5, 5.41) is 18.3. The quantitative estimate of drug-likeness (QED) is 0.594. The summed E-state index contributed by atoms with van der Waals surface area (Å²) in [6, 6.07) is 2.00. The van der Waals surface area contributed by atoms with Crippen LogP contribution in [-0.2, 0) is 9.59 Å². The second kappa shape index (κ2) is 7.97. The van der Waals surface area contributed by atoms with Crippen molar-refractivity contribution in [3.63, 3.8) is 0 Å². The SMILES string of the molecule is CCN1CCN(/C=C(/C#N)C(=O)N2CCC(C(=O)O)CC2)CC1. The van der Waals surface area contributed by atoms with Gasteiger partial charge in [0.25, 0.3) is 5.91 Å². The average Bonchev–Trinajstić information content (AvgIpc) is 2.59. The molecule has 7 nitrogen and oxygen atoms in total. The van der Waals surface area contributed by atoms with Crippen LogP contribution in [0.4, 0.5) is 0 Å². The molecule has 0 bridgehead atoms. The molecule has 2 aliphatic rings. The number of piperidine rings is 1. The minimum Gasteiger partial charge on any atom is -0.481 e. The predicted molar refractivity (Wildman–Crippen MR) is 84.3 cm³/mol. The van der Waals surface area contributed by atoms with Crippen LogP contribution in [0, 0.1) is 17.2 Å². The fraction of sp³-hybridized carbons (Fsp3) is 0.688. The van der Waals surface area contributed by atoms with E-state index in [-0.39, 0.29) is 17.4 Å². The van der Waals surface area contributed by atoms with Crippen LogP contribution >= 0.6 is 0 Å². The Morgan fingerprint density at radius 3 is 2.26 bits per heavy atom. The summed E-state index contributed by atoms with van der Waals surface area (Å²) in [7, 11) is 0. The number of aliphatic carboxylic acids is 1. The van der Waals surface area contributed by atoms with E-state index < -0.39 is 5.97 Å². The van der Waals surface area contributed by atoms with E-state index in [9.17, 15) is 14.9 Å². The summed E-state index contributed by atoms with van der Waals surface area (Å²) < 4.78 is 0. The van der Waals surface area contributed by atoms with Crippen LogP contribution in [0.5, 0.6) is 0 Å². The van der Waals surface area contributed by atoms with Crippen molar-refractivity contribution in [1.29, 1.82) is 5.26 Å². The summed E-state index contributed by atoms with van der Waals surface area (Å²) in [5.74, 6) is -1.47. The minimum absolute atomic E-state index is 0.142. The number of nitrogens with zero attached hydrogens (tertiary/aromatic N) is 4. The van der Waals surface area contributed by atoms with E-state index in [1.54, 1.807) is 11.1 Å². The third-order valence-electron chi connectivity index (χ3n) is 4.65. The molecule has 0 saturated carbocycles. The Morgan fingerprint density at radius 2 is 1.78 bits per heavy atom. The van der Waals surface area contributed by atoms with Crippen molar-refractivity contribution < 1.29 is 14.7 Å². The molecule has 23 heavy (non-hydrogen) atoms. The fourth-order valence-electron chi connectivity index (χ4n) is 3.02. The Balaban J connectivity index is 1.93. The van der Waals surface area contributed by atoms with Gasteiger partial charge in [-0.05, 0) is 19.4 Å². The highest BCUT2D eigenvalue weighted by molar-refractivity contribution is 5.97. The number of nitriles is 1. The number of hydrogen-bond acceptors (Lipinski definition) is 5. The number of carboxylic acid groups (broad SMARTS) is 1. The minimum atomic E-state index is -0.804. The molecule has 1 amide bonds. The van der Waals surface area contributed by atoms with Gasteiger partial charge in [0.1, 0.15) is 11.6 Å². The van der Waals surface area contributed by atoms with Crippen molar-refractivity contribution >= 4 is 11.9 Å². The van der Waals surface area contributed by atoms with E-state index in [1.807, 2.05) is 11.0 Å². The molecule has 2 aliphatic heterocycles. The molecule has 2 heterocycles. The highest BCUT2D eigenvalue weighted by Crippen LogP contribution is 2.19. The molecule has 2 fully saturated rings. The van der Waals surface area contributed by atoms with Crippen molar-refractivity contribution in [3.8, 4) is 6.07 Å². The lowest BCUT2D eigenvalue weighted by molar-refractivity contribution is -0.145. The number of piperazine rings is 1. The number of rotatable bonds is 4. The Morgan fingerprint density at radius 1 is 1.17 bits per heavy atom. The maximum absolute atomic E-state index is 12.5. The maximum Gasteiger partial charge on any atom is 0.306 e. The molecule has 7 heteroatoms. The Bertz CT molecular complexity index is 510. The van der Waals surface area contributed by atoms with Gasteiger partial charge in [-0.3, -0.25) is 9.59 Å². The number of carboxylic acids is 1. The average molecular weight is 320 g/mol. The molecular weight excluding hydrogens is 296 g/mol. The van der Waals surface area contributed by atoms with Crippen LogP contribution in [-0.4, -0.2) is 77.5 Å². The summed E-state index contributed by atoms with van der Waals surface area (Å²) in [4.78, 5) is 29.4. The van der Waals surface area contributed by atoms with Gasteiger partial charge in [-0.1, -0.05) is 6.92 Å². The number of carbonyl (C=O) groups excluding carboxylic acids is 1. The van der Waals surface area contributed by atoms with Crippen molar-refractivity contribution in [2.75, 3.05) is 45.8 Å². The maximum atomic E-state index is 12.5. The molecule has 0 radical (unpaired) electrons. The van der Waals surface area contributed by atoms with Gasteiger partial charge in [-0.2, -0.15) is 5.26 Å². The van der Waals surface area contributed by atoms with Crippen LogP contribution in [0.25, 0.3) is 0 Å². The normalized spacial score (nSPS) is 21.1. The highest BCUT2D eigenvalue weighted by atomic mass is 16.4. The number of likely N-dealkylation sites (N-methyl/N-ethyl adjacent to an activating group) is 1. The molecular formula is C16H24N4O3. The predicted octanol–water partition coefficient (Wildman–Crippen LogP) is 0.355. The van der Waals surface area contributed by atoms with Crippen LogP contribution in [0.15, 0.2) is 11.8 Å². The number of carbonyl (C=O) groups is 2. The number of amides is 1. The molecule has 0 unspecified atom stereocenters. The molecule has 1 N–H and O–H groups in total. The van der Waals surface area contributed by atoms with Gasteiger partial charge in [0.2, 0.25) is 0 Å². The largest absolute Gasteiger partial charge is 0.481 e. The molecule has 0 atom stereocenters. The Hall–Kier alpha value is -2.07. The molecule has 0 aromatic rings. The van der Waals surface area contributed by atoms with E-state index in [4.69, 9.17) is 5.11 Å². The molecule has 2 rings (SSSR count). The first kappa shape index (κ1) is 17.3. The zero-order valence-corrected chi connectivity index (χ0v) is 13.6. The van der Waals surface area contributed by atoms with Crippen molar-refractivity contribution in [2.24, 2.45) is 5.92 Å². The van der Waals surface area contributed by atoms with E-state index in [2.05, 4.69) is 11.8 Å². The standard InChI is InChI=1S/C16H24N4O3/c1-2-18-7-9-19(10-8-18)12-14(11-17)15(21)20-5-3-13(4-6-20)16(22)23/h12-13H,2-10H2,1H3,(H,22,23)/b14-12-. The lowest BCUT2D eigenvalue weighted by Gasteiger charge is -2.34. The summed E-state index contributed by atoms with van der Waals surface area (Å²) in [6.07, 6.45) is 2.57. The molecule has 126 valence electrons. The highest BCUT2D eigenvalue weighted by Gasteiger charge is 2.28. The zero-order valence-electron chi connectivity index (χ0n) is 13.6. The van der Waals surface area contributed by atoms with Gasteiger partial charge in [0, 0.05) is 45.5 Å². The summed E-state index contributed by atoms with van der Waals surface area (Å²) in [5.41, 5.74) is 0.142. The van der Waals surface area contributed by atoms with Crippen molar-refractivity contribution in [3.05, 3.63) is 11.8 Å². The molecule has 0 aromatic heterocycles. The van der Waals surface area contributed by atoms with Crippen LogP contribution in [0.3, 0.4) is 0 Å². The first-order chi connectivity index (χ1) is 11.0. The number of likely N-dealkylation sites (tertiary alicyclic amines) is 1. The van der Waals surface area contributed by atoms with Gasteiger partial charge < -0.3 is 19.8 Å². The van der Waals surface area contributed by atoms with E-state index in [1.165, 1.54) is 0 Å². The third-order valence-corrected chi connectivity index (χ3v) is 4.65. The lowest BCUT2D eigenvalue weighted by Crippen LogP contribution is -2.44. The fourth-order valence-corrected chi connectivity index (χ4v) is 3.02. The van der Waals surface area contributed by atoms with E-state index >= 15 is 0 Å². The van der Waals surface area contributed by atoms with Gasteiger partial charge in [0.15, 0.2) is 0 Å². The monoisotopic (exact) mass is 320 g/mol. The van der Waals surface area contributed by atoms with E-state index in [0.29, 0.717) is 25.9 Å². The topological polar surface area (TPSA) is 87.9 Å². The summed E-state index contributed by atoms with van der Waals surface area (Å²) >= 11 is 0. The number of hydrogen-bond donors (Lipinski definition) is 1.